The quantitative estimate of drug-likeness (QED) is 0.680. The normalized spacial score (nSPS) is 23.8. The van der Waals surface area contributed by atoms with Gasteiger partial charge in [-0.3, -0.25) is 9.48 Å². The summed E-state index contributed by atoms with van der Waals surface area (Å²) < 4.78 is 36.3. The zero-order valence-corrected chi connectivity index (χ0v) is 15.5. The third-order valence-corrected chi connectivity index (χ3v) is 7.81. The van der Waals surface area contributed by atoms with E-state index in [0.717, 1.165) is 0 Å². The van der Waals surface area contributed by atoms with Crippen LogP contribution in [0.25, 0.3) is 0 Å². The Morgan fingerprint density at radius 1 is 1.44 bits per heavy atom. The second kappa shape index (κ2) is 7.05. The zero-order chi connectivity index (χ0) is 18.1. The predicted octanol–water partition coefficient (Wildman–Crippen LogP) is 0.195. The smallest absolute Gasteiger partial charge is 0.274 e. The maximum atomic E-state index is 12.6. The van der Waals surface area contributed by atoms with Crippen molar-refractivity contribution in [2.75, 3.05) is 45.8 Å². The van der Waals surface area contributed by atoms with E-state index in [9.17, 15) is 13.2 Å². The van der Waals surface area contributed by atoms with Crippen molar-refractivity contribution >= 4 is 15.7 Å². The fourth-order valence-corrected chi connectivity index (χ4v) is 6.06. The van der Waals surface area contributed by atoms with Gasteiger partial charge in [-0.25, -0.2) is 8.42 Å². The molecule has 0 aromatic carbocycles. The van der Waals surface area contributed by atoms with Gasteiger partial charge in [0, 0.05) is 38.9 Å². The van der Waals surface area contributed by atoms with E-state index in [4.69, 9.17) is 9.47 Å². The fourth-order valence-electron chi connectivity index (χ4n) is 3.66. The molecule has 3 heterocycles. The predicted molar refractivity (Wildman–Crippen MR) is 91.1 cm³/mol. The Labute approximate surface area is 148 Å². The molecule has 3 rings (SSSR count). The molecule has 1 aromatic heterocycles. The Hall–Kier alpha value is -1.45. The molecule has 1 aromatic rings. The number of carbonyl (C=O) groups excluding carboxylic acids is 1. The molecule has 2 saturated heterocycles. The molecule has 140 valence electrons. The van der Waals surface area contributed by atoms with Gasteiger partial charge in [0.25, 0.3) is 5.91 Å². The van der Waals surface area contributed by atoms with E-state index in [0.29, 0.717) is 38.5 Å². The lowest BCUT2D eigenvalue weighted by molar-refractivity contribution is 0.0266. The number of carbonyl (C=O) groups is 1. The molecule has 1 spiro atoms. The van der Waals surface area contributed by atoms with Crippen LogP contribution in [0.4, 0.5) is 0 Å². The molecule has 0 radical (unpaired) electrons. The summed E-state index contributed by atoms with van der Waals surface area (Å²) in [6.45, 7) is 4.44. The standard InChI is InChI=1S/C16H25N3O5S/c1-3-24-10-13-5-9-25(21,22)16(13)11-18(12-16)15(20)14-4-6-19(17-14)7-8-23-2/h4,6,13H,3,5,7-12H2,1-2H3. The summed E-state index contributed by atoms with van der Waals surface area (Å²) in [5.74, 6) is -0.0851. The number of hydrogen-bond acceptors (Lipinski definition) is 6. The highest BCUT2D eigenvalue weighted by Gasteiger charge is 2.62. The first-order chi connectivity index (χ1) is 11.9. The van der Waals surface area contributed by atoms with E-state index in [1.54, 1.807) is 29.0 Å². The maximum absolute atomic E-state index is 12.6. The van der Waals surface area contributed by atoms with E-state index in [1.165, 1.54) is 0 Å². The summed E-state index contributed by atoms with van der Waals surface area (Å²) in [4.78, 5) is 14.2. The third kappa shape index (κ3) is 3.20. The molecule has 9 heteroatoms. The highest BCUT2D eigenvalue weighted by atomic mass is 32.2. The van der Waals surface area contributed by atoms with Crippen LogP contribution in [0, 0.1) is 5.92 Å². The number of rotatable bonds is 7. The van der Waals surface area contributed by atoms with Crippen LogP contribution in [-0.4, -0.2) is 79.5 Å². The summed E-state index contributed by atoms with van der Waals surface area (Å²) in [5.41, 5.74) is 0.336. The first kappa shape index (κ1) is 18.3. The SMILES string of the molecule is CCOCC1CCS(=O)(=O)C12CN(C(=O)c1ccn(CCOC)n1)C2. The molecule has 0 aliphatic carbocycles. The van der Waals surface area contributed by atoms with Crippen LogP contribution < -0.4 is 0 Å². The second-order valence-electron chi connectivity index (χ2n) is 6.65. The van der Waals surface area contributed by atoms with Gasteiger partial charge in [0.2, 0.25) is 0 Å². The summed E-state index contributed by atoms with van der Waals surface area (Å²) in [6, 6.07) is 1.66. The van der Waals surface area contributed by atoms with Gasteiger partial charge >= 0.3 is 0 Å². The number of amides is 1. The number of methoxy groups -OCH3 is 1. The molecular formula is C16H25N3O5S. The van der Waals surface area contributed by atoms with Crippen LogP contribution in [0.5, 0.6) is 0 Å². The van der Waals surface area contributed by atoms with Crippen molar-refractivity contribution < 1.29 is 22.7 Å². The Morgan fingerprint density at radius 3 is 2.88 bits per heavy atom. The second-order valence-corrected chi connectivity index (χ2v) is 9.10. The molecule has 25 heavy (non-hydrogen) atoms. The zero-order valence-electron chi connectivity index (χ0n) is 14.7. The lowest BCUT2D eigenvalue weighted by atomic mass is 9.83. The Bertz CT molecular complexity index is 724. The van der Waals surface area contributed by atoms with Gasteiger partial charge in [0.15, 0.2) is 9.84 Å². The minimum absolute atomic E-state index is 0.0410. The van der Waals surface area contributed by atoms with E-state index in [2.05, 4.69) is 5.10 Å². The van der Waals surface area contributed by atoms with Crippen molar-refractivity contribution in [2.24, 2.45) is 5.92 Å². The largest absolute Gasteiger partial charge is 0.383 e. The fraction of sp³-hybridized carbons (Fsp3) is 0.750. The molecule has 1 amide bonds. The average molecular weight is 371 g/mol. The molecule has 0 bridgehead atoms. The first-order valence-corrected chi connectivity index (χ1v) is 10.2. The van der Waals surface area contributed by atoms with Gasteiger partial charge in [-0.2, -0.15) is 5.10 Å². The number of hydrogen-bond donors (Lipinski definition) is 0. The van der Waals surface area contributed by atoms with E-state index >= 15 is 0 Å². The lowest BCUT2D eigenvalue weighted by Gasteiger charge is -2.49. The molecule has 2 fully saturated rings. The maximum Gasteiger partial charge on any atom is 0.274 e. The molecule has 1 atom stereocenters. The minimum Gasteiger partial charge on any atom is -0.383 e. The Balaban J connectivity index is 1.67. The molecule has 0 saturated carbocycles. The van der Waals surface area contributed by atoms with Crippen molar-refractivity contribution in [2.45, 2.75) is 24.6 Å². The number of ether oxygens (including phenoxy) is 2. The third-order valence-electron chi connectivity index (χ3n) is 5.21. The number of nitrogens with zero attached hydrogens (tertiary/aromatic N) is 3. The van der Waals surface area contributed by atoms with Gasteiger partial charge in [0.05, 0.1) is 25.5 Å². The summed E-state index contributed by atoms with van der Waals surface area (Å²) >= 11 is 0. The van der Waals surface area contributed by atoms with Crippen LogP contribution in [0.3, 0.4) is 0 Å². The topological polar surface area (TPSA) is 90.7 Å². The van der Waals surface area contributed by atoms with Crippen molar-refractivity contribution in [3.8, 4) is 0 Å². The number of sulfone groups is 1. The Morgan fingerprint density at radius 2 is 2.20 bits per heavy atom. The molecular weight excluding hydrogens is 346 g/mol. The lowest BCUT2D eigenvalue weighted by Crippen LogP contribution is -2.68. The monoisotopic (exact) mass is 371 g/mol. The van der Waals surface area contributed by atoms with Crippen molar-refractivity contribution in [3.05, 3.63) is 18.0 Å². The highest BCUT2D eigenvalue weighted by molar-refractivity contribution is 7.93. The molecule has 2 aliphatic rings. The van der Waals surface area contributed by atoms with Gasteiger partial charge in [-0.15, -0.1) is 0 Å². The van der Waals surface area contributed by atoms with Crippen LogP contribution in [0.1, 0.15) is 23.8 Å². The minimum atomic E-state index is -3.20. The number of likely N-dealkylation sites (tertiary alicyclic amines) is 1. The van der Waals surface area contributed by atoms with Gasteiger partial charge in [-0.1, -0.05) is 0 Å². The summed E-state index contributed by atoms with van der Waals surface area (Å²) in [5, 5.41) is 4.24. The summed E-state index contributed by atoms with van der Waals surface area (Å²) in [6.07, 6.45) is 2.34. The average Bonchev–Trinajstić information content (AvgIpc) is 3.11. The molecule has 1 unspecified atom stereocenters. The van der Waals surface area contributed by atoms with Gasteiger partial charge in [-0.05, 0) is 19.4 Å². The molecule has 2 aliphatic heterocycles. The highest BCUT2D eigenvalue weighted by Crippen LogP contribution is 2.45. The first-order valence-electron chi connectivity index (χ1n) is 8.55. The van der Waals surface area contributed by atoms with Crippen LogP contribution in [0.2, 0.25) is 0 Å². The van der Waals surface area contributed by atoms with Crippen LogP contribution in [-0.2, 0) is 25.9 Å². The van der Waals surface area contributed by atoms with Crippen LogP contribution >= 0.6 is 0 Å². The van der Waals surface area contributed by atoms with Gasteiger partial charge < -0.3 is 14.4 Å². The number of aromatic nitrogens is 2. The van der Waals surface area contributed by atoms with Crippen molar-refractivity contribution in [1.29, 1.82) is 0 Å². The van der Waals surface area contributed by atoms with Gasteiger partial charge in [0.1, 0.15) is 10.4 Å². The van der Waals surface area contributed by atoms with Crippen molar-refractivity contribution in [1.82, 2.24) is 14.7 Å². The Kier molecular flexibility index (Phi) is 5.17. The molecule has 8 nitrogen and oxygen atoms in total. The van der Waals surface area contributed by atoms with E-state index in [1.807, 2.05) is 6.92 Å². The van der Waals surface area contributed by atoms with Crippen molar-refractivity contribution in [3.63, 3.8) is 0 Å². The van der Waals surface area contributed by atoms with E-state index < -0.39 is 14.6 Å². The van der Waals surface area contributed by atoms with Crippen LogP contribution in [0.15, 0.2) is 12.3 Å². The van der Waals surface area contributed by atoms with E-state index in [-0.39, 0.29) is 30.7 Å². The molecule has 0 N–H and O–H groups in total. The summed E-state index contributed by atoms with van der Waals surface area (Å²) in [7, 11) is -1.59.